The zero-order chi connectivity index (χ0) is 18.3. The van der Waals surface area contributed by atoms with Crippen LogP contribution in [-0.2, 0) is 12.8 Å². The highest BCUT2D eigenvalue weighted by Gasteiger charge is 2.27. The fourth-order valence-corrected chi connectivity index (χ4v) is 3.40. The first-order valence-corrected chi connectivity index (χ1v) is 8.48. The van der Waals surface area contributed by atoms with E-state index in [2.05, 4.69) is 10.4 Å². The number of nitrogens with zero attached hydrogens (tertiary/aromatic N) is 2. The van der Waals surface area contributed by atoms with Crippen LogP contribution in [0, 0.1) is 18.6 Å². The van der Waals surface area contributed by atoms with Gasteiger partial charge in [-0.2, -0.15) is 5.10 Å². The standard InChI is InChI=1S/C20H17F2N3O/c1-12-6-2-3-10-16(12)25-17-11-4-7-13(17)19(24-25)20(26)23-15-9-5-8-14(21)18(15)22/h2-3,5-6,8-10H,4,7,11H2,1H3,(H,23,26). The van der Waals surface area contributed by atoms with E-state index in [9.17, 15) is 13.6 Å². The lowest BCUT2D eigenvalue weighted by Crippen LogP contribution is -2.16. The zero-order valence-corrected chi connectivity index (χ0v) is 14.2. The summed E-state index contributed by atoms with van der Waals surface area (Å²) in [6.07, 6.45) is 2.52. The van der Waals surface area contributed by atoms with Crippen molar-refractivity contribution < 1.29 is 13.6 Å². The highest BCUT2D eigenvalue weighted by molar-refractivity contribution is 6.04. The van der Waals surface area contributed by atoms with Gasteiger partial charge in [-0.1, -0.05) is 24.3 Å². The van der Waals surface area contributed by atoms with Crippen molar-refractivity contribution in [3.63, 3.8) is 0 Å². The quantitative estimate of drug-likeness (QED) is 0.767. The Labute approximate surface area is 149 Å². The summed E-state index contributed by atoms with van der Waals surface area (Å²) in [5.41, 5.74) is 3.93. The largest absolute Gasteiger partial charge is 0.318 e. The van der Waals surface area contributed by atoms with Crippen LogP contribution in [0.2, 0.25) is 0 Å². The summed E-state index contributed by atoms with van der Waals surface area (Å²) in [7, 11) is 0. The van der Waals surface area contributed by atoms with Crippen LogP contribution >= 0.6 is 0 Å². The predicted molar refractivity (Wildman–Crippen MR) is 94.6 cm³/mol. The minimum Gasteiger partial charge on any atom is -0.318 e. The topological polar surface area (TPSA) is 46.9 Å². The lowest BCUT2D eigenvalue weighted by molar-refractivity contribution is 0.102. The molecule has 132 valence electrons. The minimum atomic E-state index is -1.07. The van der Waals surface area contributed by atoms with E-state index in [1.165, 1.54) is 12.1 Å². The molecule has 6 heteroatoms. The predicted octanol–water partition coefficient (Wildman–Crippen LogP) is 4.20. The second-order valence-electron chi connectivity index (χ2n) is 6.38. The number of carbonyl (C=O) groups is 1. The molecule has 1 aromatic heterocycles. The summed E-state index contributed by atoms with van der Waals surface area (Å²) in [5.74, 6) is -2.60. The number of hydrogen-bond acceptors (Lipinski definition) is 2. The number of benzene rings is 2. The molecule has 1 N–H and O–H groups in total. The molecule has 1 heterocycles. The smallest absolute Gasteiger partial charge is 0.276 e. The summed E-state index contributed by atoms with van der Waals surface area (Å²) in [4.78, 5) is 12.7. The molecule has 1 aliphatic carbocycles. The summed E-state index contributed by atoms with van der Waals surface area (Å²) >= 11 is 0. The third-order valence-corrected chi connectivity index (χ3v) is 4.69. The van der Waals surface area contributed by atoms with Crippen LogP contribution in [0.15, 0.2) is 42.5 Å². The monoisotopic (exact) mass is 353 g/mol. The molecule has 1 amide bonds. The third-order valence-electron chi connectivity index (χ3n) is 4.69. The first-order chi connectivity index (χ1) is 12.6. The van der Waals surface area contributed by atoms with Crippen molar-refractivity contribution in [2.45, 2.75) is 26.2 Å². The Bertz CT molecular complexity index is 1010. The number of rotatable bonds is 3. The number of aryl methyl sites for hydroxylation is 1. The van der Waals surface area contributed by atoms with Crippen molar-refractivity contribution in [2.24, 2.45) is 0 Å². The Kier molecular flexibility index (Phi) is 4.03. The van der Waals surface area contributed by atoms with Crippen molar-refractivity contribution in [1.29, 1.82) is 0 Å². The summed E-state index contributed by atoms with van der Waals surface area (Å²) in [6, 6.07) is 11.5. The summed E-state index contributed by atoms with van der Waals surface area (Å²) in [5, 5.41) is 6.95. The molecule has 2 aromatic carbocycles. The molecule has 0 fully saturated rings. The van der Waals surface area contributed by atoms with Crippen molar-refractivity contribution in [3.8, 4) is 5.69 Å². The number of carbonyl (C=O) groups excluding carboxylic acids is 1. The fraction of sp³-hybridized carbons (Fsp3) is 0.200. The van der Waals surface area contributed by atoms with Crippen LogP contribution < -0.4 is 5.32 Å². The maximum absolute atomic E-state index is 13.9. The van der Waals surface area contributed by atoms with Gasteiger partial charge in [-0.05, 0) is 49.9 Å². The molecular formula is C20H17F2N3O. The number of para-hydroxylation sites is 1. The molecule has 4 rings (SSSR count). The molecule has 0 unspecified atom stereocenters. The number of anilines is 1. The Hall–Kier alpha value is -3.02. The molecule has 1 aliphatic rings. The fourth-order valence-electron chi connectivity index (χ4n) is 3.40. The molecule has 0 saturated carbocycles. The van der Waals surface area contributed by atoms with Crippen LogP contribution in [0.5, 0.6) is 0 Å². The van der Waals surface area contributed by atoms with E-state index < -0.39 is 17.5 Å². The number of amides is 1. The van der Waals surface area contributed by atoms with E-state index in [-0.39, 0.29) is 11.4 Å². The minimum absolute atomic E-state index is 0.188. The molecule has 0 spiro atoms. The second kappa shape index (κ2) is 6.37. The normalized spacial score (nSPS) is 12.9. The molecule has 0 saturated heterocycles. The number of nitrogens with one attached hydrogen (secondary N) is 1. The van der Waals surface area contributed by atoms with Gasteiger partial charge in [0.05, 0.1) is 11.4 Å². The van der Waals surface area contributed by atoms with Gasteiger partial charge < -0.3 is 5.32 Å². The average molecular weight is 353 g/mol. The van der Waals surface area contributed by atoms with Gasteiger partial charge in [-0.3, -0.25) is 4.79 Å². The Morgan fingerprint density at radius 3 is 2.73 bits per heavy atom. The van der Waals surface area contributed by atoms with Gasteiger partial charge in [0.1, 0.15) is 0 Å². The lowest BCUT2D eigenvalue weighted by Gasteiger charge is -2.08. The maximum atomic E-state index is 13.9. The molecule has 0 radical (unpaired) electrons. The third kappa shape index (κ3) is 2.67. The van der Waals surface area contributed by atoms with Crippen molar-refractivity contribution in [1.82, 2.24) is 9.78 Å². The summed E-state index contributed by atoms with van der Waals surface area (Å²) in [6.45, 7) is 1.99. The van der Waals surface area contributed by atoms with Gasteiger partial charge in [-0.25, -0.2) is 13.5 Å². The molecule has 4 nitrogen and oxygen atoms in total. The highest BCUT2D eigenvalue weighted by atomic mass is 19.2. The van der Waals surface area contributed by atoms with Crippen molar-refractivity contribution >= 4 is 11.6 Å². The number of fused-ring (bicyclic) bond motifs is 1. The van der Waals surface area contributed by atoms with Gasteiger partial charge in [0, 0.05) is 11.3 Å². The molecule has 0 atom stereocenters. The van der Waals surface area contributed by atoms with Gasteiger partial charge >= 0.3 is 0 Å². The van der Waals surface area contributed by atoms with Gasteiger partial charge in [0.15, 0.2) is 17.3 Å². The number of halogens is 2. The van der Waals surface area contributed by atoms with E-state index in [0.717, 1.165) is 47.8 Å². The van der Waals surface area contributed by atoms with E-state index in [1.807, 2.05) is 31.2 Å². The van der Waals surface area contributed by atoms with Crippen LogP contribution in [0.3, 0.4) is 0 Å². The number of hydrogen-bond donors (Lipinski definition) is 1. The molecule has 0 bridgehead atoms. The number of aromatic nitrogens is 2. The first kappa shape index (κ1) is 16.4. The molecule has 0 aliphatic heterocycles. The Balaban J connectivity index is 1.74. The Morgan fingerprint density at radius 1 is 1.12 bits per heavy atom. The van der Waals surface area contributed by atoms with E-state index in [1.54, 1.807) is 4.68 Å². The van der Waals surface area contributed by atoms with Crippen molar-refractivity contribution in [3.05, 3.63) is 76.6 Å². The van der Waals surface area contributed by atoms with E-state index in [0.29, 0.717) is 0 Å². The van der Waals surface area contributed by atoms with Gasteiger partial charge in [0.2, 0.25) is 0 Å². The second-order valence-corrected chi connectivity index (χ2v) is 6.38. The van der Waals surface area contributed by atoms with Crippen LogP contribution in [0.25, 0.3) is 5.69 Å². The Morgan fingerprint density at radius 2 is 1.92 bits per heavy atom. The first-order valence-electron chi connectivity index (χ1n) is 8.48. The maximum Gasteiger partial charge on any atom is 0.276 e. The molecule has 3 aromatic rings. The van der Waals surface area contributed by atoms with Gasteiger partial charge in [0.25, 0.3) is 5.91 Å². The van der Waals surface area contributed by atoms with Crippen LogP contribution in [0.1, 0.15) is 33.7 Å². The highest BCUT2D eigenvalue weighted by Crippen LogP contribution is 2.29. The lowest BCUT2D eigenvalue weighted by atomic mass is 10.1. The molecule has 26 heavy (non-hydrogen) atoms. The summed E-state index contributed by atoms with van der Waals surface area (Å²) < 4.78 is 29.0. The SMILES string of the molecule is Cc1ccccc1-n1nc(C(=O)Nc2cccc(F)c2F)c2c1CCC2. The molecular weight excluding hydrogens is 336 g/mol. The average Bonchev–Trinajstić information content (AvgIpc) is 3.22. The van der Waals surface area contributed by atoms with Gasteiger partial charge in [-0.15, -0.1) is 0 Å². The van der Waals surface area contributed by atoms with Crippen LogP contribution in [-0.4, -0.2) is 15.7 Å². The zero-order valence-electron chi connectivity index (χ0n) is 14.2. The van der Waals surface area contributed by atoms with Crippen molar-refractivity contribution in [2.75, 3.05) is 5.32 Å². The van der Waals surface area contributed by atoms with E-state index >= 15 is 0 Å². The van der Waals surface area contributed by atoms with E-state index in [4.69, 9.17) is 0 Å². The van der Waals surface area contributed by atoms with Crippen LogP contribution in [0.4, 0.5) is 14.5 Å².